The van der Waals surface area contributed by atoms with Gasteiger partial charge < -0.3 is 9.84 Å². The minimum Gasteiger partial charge on any atom is -0.444 e. The van der Waals surface area contributed by atoms with Gasteiger partial charge in [0.15, 0.2) is 0 Å². The highest BCUT2D eigenvalue weighted by molar-refractivity contribution is 6.18. The molecule has 16 heavy (non-hydrogen) atoms. The van der Waals surface area contributed by atoms with Crippen molar-refractivity contribution < 1.29 is 14.6 Å². The Morgan fingerprint density at radius 2 is 2.19 bits per heavy atom. The Hall–Kier alpha value is -0.480. The molecule has 0 aliphatic carbocycles. The zero-order chi connectivity index (χ0) is 12.4. The number of likely N-dealkylation sites (tertiary alicyclic amines) is 1. The molecule has 5 heteroatoms. The van der Waals surface area contributed by atoms with E-state index >= 15 is 0 Å². The number of carbonyl (C=O) groups excluding carboxylic acids is 1. The summed E-state index contributed by atoms with van der Waals surface area (Å²) in [5.41, 5.74) is -1.16. The van der Waals surface area contributed by atoms with Gasteiger partial charge in [-0.2, -0.15) is 0 Å². The molecule has 1 rings (SSSR count). The second-order valence-electron chi connectivity index (χ2n) is 5.25. The van der Waals surface area contributed by atoms with E-state index in [1.807, 2.05) is 20.8 Å². The van der Waals surface area contributed by atoms with Crippen molar-refractivity contribution in [1.29, 1.82) is 0 Å². The highest BCUT2D eigenvalue weighted by atomic mass is 35.5. The first-order valence-electron chi connectivity index (χ1n) is 5.52. The van der Waals surface area contributed by atoms with Gasteiger partial charge in [-0.3, -0.25) is 4.90 Å². The Balaban J connectivity index is 2.75. The first-order chi connectivity index (χ1) is 7.34. The van der Waals surface area contributed by atoms with Crippen molar-refractivity contribution in [2.24, 2.45) is 0 Å². The molecule has 0 bridgehead atoms. The fraction of sp³-hybridized carbons (Fsp3) is 0.909. The van der Waals surface area contributed by atoms with E-state index in [-0.39, 0.29) is 18.6 Å². The third-order valence-electron chi connectivity index (χ3n) is 2.75. The van der Waals surface area contributed by atoms with Gasteiger partial charge in [0, 0.05) is 12.4 Å². The summed E-state index contributed by atoms with van der Waals surface area (Å²) in [6.07, 6.45) is 1.19. The lowest BCUT2D eigenvalue weighted by molar-refractivity contribution is 0.000731. The van der Waals surface area contributed by atoms with Crippen LogP contribution in [0.25, 0.3) is 0 Å². The van der Waals surface area contributed by atoms with Gasteiger partial charge in [-0.15, -0.1) is 11.6 Å². The van der Waals surface area contributed by atoms with E-state index in [1.54, 1.807) is 4.90 Å². The monoisotopic (exact) mass is 249 g/mol. The molecule has 1 unspecified atom stereocenters. The van der Waals surface area contributed by atoms with Gasteiger partial charge in [0.1, 0.15) is 5.60 Å². The van der Waals surface area contributed by atoms with Gasteiger partial charge in [-0.05, 0) is 33.6 Å². The van der Waals surface area contributed by atoms with Crippen molar-refractivity contribution in [2.75, 3.05) is 19.0 Å². The number of alkyl halides is 1. The number of aliphatic hydroxyl groups is 1. The van der Waals surface area contributed by atoms with E-state index in [0.29, 0.717) is 6.54 Å². The molecule has 1 heterocycles. The molecule has 1 aliphatic rings. The third-order valence-corrected chi connectivity index (χ3v) is 3.25. The van der Waals surface area contributed by atoms with E-state index < -0.39 is 11.1 Å². The molecule has 1 aliphatic heterocycles. The molecule has 0 spiro atoms. The summed E-state index contributed by atoms with van der Waals surface area (Å²) in [5.74, 6) is 0.239. The molecule has 1 fully saturated rings. The second-order valence-corrected chi connectivity index (χ2v) is 5.52. The Morgan fingerprint density at radius 1 is 1.56 bits per heavy atom. The first-order valence-corrected chi connectivity index (χ1v) is 6.05. The molecule has 4 nitrogen and oxygen atoms in total. The van der Waals surface area contributed by atoms with E-state index in [1.165, 1.54) is 0 Å². The van der Waals surface area contributed by atoms with Crippen molar-refractivity contribution in [1.82, 2.24) is 4.90 Å². The number of aliphatic hydroxyl groups excluding tert-OH is 1. The van der Waals surface area contributed by atoms with Crippen LogP contribution >= 0.6 is 11.6 Å². The lowest BCUT2D eigenvalue weighted by atomic mass is 10.0. The lowest BCUT2D eigenvalue weighted by Gasteiger charge is -2.36. The fourth-order valence-corrected chi connectivity index (χ4v) is 2.25. The van der Waals surface area contributed by atoms with Gasteiger partial charge in [0.25, 0.3) is 0 Å². The number of halogens is 1. The van der Waals surface area contributed by atoms with Crippen LogP contribution in [0.4, 0.5) is 4.79 Å². The number of carbonyl (C=O) groups is 1. The van der Waals surface area contributed by atoms with Crippen LogP contribution in [0.1, 0.15) is 33.6 Å². The van der Waals surface area contributed by atoms with Gasteiger partial charge >= 0.3 is 6.09 Å². The van der Waals surface area contributed by atoms with Crippen LogP contribution in [0, 0.1) is 0 Å². The molecule has 0 saturated carbocycles. The summed E-state index contributed by atoms with van der Waals surface area (Å²) in [4.78, 5) is 13.5. The molecule has 1 saturated heterocycles. The van der Waals surface area contributed by atoms with Crippen molar-refractivity contribution >= 4 is 17.7 Å². The zero-order valence-corrected chi connectivity index (χ0v) is 10.9. The van der Waals surface area contributed by atoms with E-state index in [9.17, 15) is 9.90 Å². The minimum absolute atomic E-state index is 0.115. The molecule has 0 radical (unpaired) electrons. The summed E-state index contributed by atoms with van der Waals surface area (Å²) >= 11 is 5.87. The lowest BCUT2D eigenvalue weighted by Crippen LogP contribution is -2.52. The van der Waals surface area contributed by atoms with Crippen LogP contribution in [-0.4, -0.2) is 46.3 Å². The molecule has 1 amide bonds. The highest BCUT2D eigenvalue weighted by Gasteiger charge is 2.44. The van der Waals surface area contributed by atoms with Crippen molar-refractivity contribution in [2.45, 2.75) is 44.8 Å². The van der Waals surface area contributed by atoms with Crippen LogP contribution in [0.15, 0.2) is 0 Å². The van der Waals surface area contributed by atoms with Crippen molar-refractivity contribution in [3.63, 3.8) is 0 Å². The maximum absolute atomic E-state index is 11.9. The summed E-state index contributed by atoms with van der Waals surface area (Å²) < 4.78 is 5.30. The maximum Gasteiger partial charge on any atom is 0.410 e. The van der Waals surface area contributed by atoms with Gasteiger partial charge in [0.05, 0.1) is 12.1 Å². The smallest absolute Gasteiger partial charge is 0.410 e. The molecule has 0 aromatic rings. The summed E-state index contributed by atoms with van der Waals surface area (Å²) in [5, 5.41) is 9.40. The molecule has 1 N–H and O–H groups in total. The van der Waals surface area contributed by atoms with Gasteiger partial charge in [0.2, 0.25) is 0 Å². The predicted octanol–water partition coefficient (Wildman–Crippen LogP) is 1.99. The number of nitrogens with zero attached hydrogens (tertiary/aromatic N) is 1. The first kappa shape index (κ1) is 13.6. The molecule has 94 valence electrons. The number of amides is 1. The minimum atomic E-state index is -0.635. The number of hydrogen-bond acceptors (Lipinski definition) is 3. The topological polar surface area (TPSA) is 49.8 Å². The predicted molar refractivity (Wildman–Crippen MR) is 62.7 cm³/mol. The van der Waals surface area contributed by atoms with E-state index in [2.05, 4.69) is 0 Å². The number of ether oxygens (including phenoxy) is 1. The summed E-state index contributed by atoms with van der Waals surface area (Å²) in [6, 6.07) is 0. The Labute approximate surface area is 102 Å². The SMILES string of the molecule is CC(C)(C)OC(=O)N1CCCC1(CO)CCl. The summed E-state index contributed by atoms with van der Waals surface area (Å²) in [6.45, 7) is 5.95. The largest absolute Gasteiger partial charge is 0.444 e. The van der Waals surface area contributed by atoms with Crippen LogP contribution in [-0.2, 0) is 4.74 Å². The number of rotatable bonds is 2. The fourth-order valence-electron chi connectivity index (χ4n) is 1.89. The molecule has 1 atom stereocenters. The van der Waals surface area contributed by atoms with Gasteiger partial charge in [-0.25, -0.2) is 4.79 Å². The van der Waals surface area contributed by atoms with Crippen LogP contribution < -0.4 is 0 Å². The number of hydrogen-bond donors (Lipinski definition) is 1. The van der Waals surface area contributed by atoms with Crippen LogP contribution in [0.3, 0.4) is 0 Å². The average Bonchev–Trinajstić information content (AvgIpc) is 2.59. The van der Waals surface area contributed by atoms with Crippen LogP contribution in [0.5, 0.6) is 0 Å². The van der Waals surface area contributed by atoms with E-state index in [0.717, 1.165) is 12.8 Å². The average molecular weight is 250 g/mol. The Kier molecular flexibility index (Phi) is 4.07. The summed E-state index contributed by atoms with van der Waals surface area (Å²) in [7, 11) is 0. The zero-order valence-electron chi connectivity index (χ0n) is 10.1. The second kappa shape index (κ2) is 4.80. The molecule has 0 aromatic heterocycles. The highest BCUT2D eigenvalue weighted by Crippen LogP contribution is 2.31. The van der Waals surface area contributed by atoms with Gasteiger partial charge in [-0.1, -0.05) is 0 Å². The Bertz CT molecular complexity index is 258. The normalized spacial score (nSPS) is 25.9. The Morgan fingerprint density at radius 3 is 2.62 bits per heavy atom. The standard InChI is InChI=1S/C11H20ClNO3/c1-10(2,3)16-9(15)13-6-4-5-11(13,7-12)8-14/h14H,4-8H2,1-3H3. The van der Waals surface area contributed by atoms with Crippen molar-refractivity contribution in [3.05, 3.63) is 0 Å². The maximum atomic E-state index is 11.9. The third kappa shape index (κ3) is 2.80. The molecular weight excluding hydrogens is 230 g/mol. The quantitative estimate of drug-likeness (QED) is 0.762. The van der Waals surface area contributed by atoms with Crippen LogP contribution in [0.2, 0.25) is 0 Å². The molecular formula is C11H20ClNO3. The molecule has 0 aromatic carbocycles. The van der Waals surface area contributed by atoms with E-state index in [4.69, 9.17) is 16.3 Å². The van der Waals surface area contributed by atoms with Crippen molar-refractivity contribution in [3.8, 4) is 0 Å².